The molecule has 110 valence electrons. The van der Waals surface area contributed by atoms with Crippen LogP contribution in [-0.2, 0) is 12.4 Å². The van der Waals surface area contributed by atoms with E-state index in [4.69, 9.17) is 0 Å². The van der Waals surface area contributed by atoms with Crippen molar-refractivity contribution in [1.29, 1.82) is 0 Å². The van der Waals surface area contributed by atoms with Crippen LogP contribution in [0.3, 0.4) is 0 Å². The number of alkyl halides is 6. The van der Waals surface area contributed by atoms with Gasteiger partial charge in [-0.2, -0.15) is 26.3 Å². The molecular weight excluding hydrogens is 370 g/mol. The number of nitrogens with zero attached hydrogens (tertiary/aromatic N) is 4. The maximum atomic E-state index is 12.2. The first-order chi connectivity index (χ1) is 9.16. The van der Waals surface area contributed by atoms with E-state index >= 15 is 0 Å². The summed E-state index contributed by atoms with van der Waals surface area (Å²) in [4.78, 5) is 0. The number of rotatable bonds is 3. The molecule has 0 N–H and O–H groups in total. The SMILES string of the molecule is FC(F)(F)c1nnc(SSc2nnc(C(F)(F)F)s2)s1. The van der Waals surface area contributed by atoms with Crippen molar-refractivity contribution in [3.63, 3.8) is 0 Å². The third-order valence-corrected chi connectivity index (χ3v) is 6.37. The minimum atomic E-state index is -4.59. The molecule has 0 unspecified atom stereocenters. The number of aromatic nitrogens is 4. The fraction of sp³-hybridized carbons (Fsp3) is 0.333. The summed E-state index contributed by atoms with van der Waals surface area (Å²) >= 11 is 0.601. The Morgan fingerprint density at radius 3 is 1.25 bits per heavy atom. The maximum Gasteiger partial charge on any atom is 0.445 e. The van der Waals surface area contributed by atoms with Gasteiger partial charge in [0.25, 0.3) is 0 Å². The third kappa shape index (κ3) is 3.95. The molecule has 4 nitrogen and oxygen atoms in total. The summed E-state index contributed by atoms with van der Waals surface area (Å²) in [6, 6.07) is 0. The molecule has 0 saturated carbocycles. The van der Waals surface area contributed by atoms with Crippen LogP contribution < -0.4 is 0 Å². The summed E-state index contributed by atoms with van der Waals surface area (Å²) in [7, 11) is 1.47. The van der Waals surface area contributed by atoms with Gasteiger partial charge in [-0.3, -0.25) is 0 Å². The zero-order chi connectivity index (χ0) is 15.0. The quantitative estimate of drug-likeness (QED) is 0.595. The Labute approximate surface area is 122 Å². The van der Waals surface area contributed by atoms with E-state index < -0.39 is 22.4 Å². The Kier molecular flexibility index (Phi) is 4.46. The standard InChI is InChI=1S/C6F6N4S4/c7-5(8,9)1-13-15-3(17-1)19-20-4-16-14-2(18-4)6(10,11)12. The van der Waals surface area contributed by atoms with E-state index in [0.717, 1.165) is 21.6 Å². The second kappa shape index (κ2) is 5.65. The molecule has 2 heterocycles. The lowest BCUT2D eigenvalue weighted by atomic mass is 10.7. The van der Waals surface area contributed by atoms with Gasteiger partial charge in [0, 0.05) is 0 Å². The molecule has 0 atom stereocenters. The topological polar surface area (TPSA) is 51.6 Å². The summed E-state index contributed by atoms with van der Waals surface area (Å²) in [5, 5.41) is 10.2. The van der Waals surface area contributed by atoms with E-state index in [1.165, 1.54) is 0 Å². The highest BCUT2D eigenvalue weighted by Gasteiger charge is 2.37. The van der Waals surface area contributed by atoms with Gasteiger partial charge in [-0.25, -0.2) is 0 Å². The van der Waals surface area contributed by atoms with Crippen LogP contribution in [0.2, 0.25) is 0 Å². The highest BCUT2D eigenvalue weighted by atomic mass is 33.1. The molecule has 2 rings (SSSR count). The van der Waals surface area contributed by atoms with Crippen LogP contribution in [0, 0.1) is 0 Å². The predicted molar refractivity (Wildman–Crippen MR) is 61.5 cm³/mol. The van der Waals surface area contributed by atoms with E-state index in [0.29, 0.717) is 22.7 Å². The Hall–Kier alpha value is -0.600. The molecule has 0 fully saturated rings. The van der Waals surface area contributed by atoms with Gasteiger partial charge >= 0.3 is 12.4 Å². The lowest BCUT2D eigenvalue weighted by Gasteiger charge is -1.97. The normalized spacial score (nSPS) is 12.9. The first-order valence-electron chi connectivity index (χ1n) is 4.32. The predicted octanol–water partition coefficient (Wildman–Crippen LogP) is 4.23. The lowest BCUT2D eigenvalue weighted by molar-refractivity contribution is -0.138. The van der Waals surface area contributed by atoms with Crippen molar-refractivity contribution in [3.8, 4) is 0 Å². The van der Waals surface area contributed by atoms with E-state index in [1.54, 1.807) is 0 Å². The molecular formula is C6F6N4S4. The van der Waals surface area contributed by atoms with Gasteiger partial charge < -0.3 is 0 Å². The van der Waals surface area contributed by atoms with Crippen LogP contribution in [0.25, 0.3) is 0 Å². The van der Waals surface area contributed by atoms with Gasteiger partial charge in [0.15, 0.2) is 8.68 Å². The van der Waals surface area contributed by atoms with Crippen molar-refractivity contribution in [3.05, 3.63) is 10.0 Å². The fourth-order valence-corrected chi connectivity index (χ4v) is 4.57. The molecule has 0 radical (unpaired) electrons. The van der Waals surface area contributed by atoms with Crippen molar-refractivity contribution < 1.29 is 26.3 Å². The second-order valence-electron chi connectivity index (χ2n) is 2.91. The molecule has 0 aliphatic heterocycles. The largest absolute Gasteiger partial charge is 0.445 e. The van der Waals surface area contributed by atoms with E-state index in [9.17, 15) is 26.3 Å². The first kappa shape index (κ1) is 15.8. The van der Waals surface area contributed by atoms with E-state index in [2.05, 4.69) is 20.4 Å². The van der Waals surface area contributed by atoms with Crippen LogP contribution >= 0.6 is 44.3 Å². The molecule has 0 amide bonds. The molecule has 0 spiro atoms. The molecule has 0 bridgehead atoms. The van der Waals surface area contributed by atoms with Gasteiger partial charge in [-0.1, -0.05) is 22.7 Å². The van der Waals surface area contributed by atoms with Gasteiger partial charge in [0.05, 0.1) is 0 Å². The van der Waals surface area contributed by atoms with E-state index in [-0.39, 0.29) is 8.68 Å². The summed E-state index contributed by atoms with van der Waals surface area (Å²) in [5.74, 6) is 0. The zero-order valence-electron chi connectivity index (χ0n) is 8.69. The average Bonchev–Trinajstić information content (AvgIpc) is 2.94. The summed E-state index contributed by atoms with van der Waals surface area (Å²) in [5.41, 5.74) is 0. The zero-order valence-corrected chi connectivity index (χ0v) is 12.0. The molecule has 0 saturated heterocycles. The third-order valence-electron chi connectivity index (χ3n) is 1.48. The lowest BCUT2D eigenvalue weighted by Crippen LogP contribution is -2.03. The first-order valence-corrected chi connectivity index (χ1v) is 8.10. The van der Waals surface area contributed by atoms with Gasteiger partial charge in [-0.15, -0.1) is 20.4 Å². The van der Waals surface area contributed by atoms with Gasteiger partial charge in [0.1, 0.15) is 0 Å². The molecule has 0 aliphatic carbocycles. The monoisotopic (exact) mass is 370 g/mol. The number of hydrogen-bond acceptors (Lipinski definition) is 8. The van der Waals surface area contributed by atoms with Crippen LogP contribution in [0.15, 0.2) is 8.68 Å². The van der Waals surface area contributed by atoms with Crippen LogP contribution in [-0.4, -0.2) is 20.4 Å². The summed E-state index contributed by atoms with van der Waals surface area (Å²) in [6.45, 7) is 0. The molecule has 14 heteroatoms. The molecule has 2 aromatic heterocycles. The van der Waals surface area contributed by atoms with Crippen LogP contribution in [0.4, 0.5) is 26.3 Å². The maximum absolute atomic E-state index is 12.2. The van der Waals surface area contributed by atoms with Crippen molar-refractivity contribution in [2.45, 2.75) is 21.0 Å². The Balaban J connectivity index is 1.99. The second-order valence-corrected chi connectivity index (χ2v) is 7.49. The van der Waals surface area contributed by atoms with Crippen molar-refractivity contribution in [2.75, 3.05) is 0 Å². The summed E-state index contributed by atoms with van der Waals surface area (Å²) < 4.78 is 73.4. The smallest absolute Gasteiger partial charge is 0.164 e. The van der Waals surface area contributed by atoms with Gasteiger partial charge in [0.2, 0.25) is 10.0 Å². The highest BCUT2D eigenvalue weighted by Crippen LogP contribution is 2.43. The van der Waals surface area contributed by atoms with Crippen LogP contribution in [0.5, 0.6) is 0 Å². The Morgan fingerprint density at radius 1 is 0.650 bits per heavy atom. The Bertz CT molecular complexity index is 537. The van der Waals surface area contributed by atoms with Gasteiger partial charge in [-0.05, 0) is 21.6 Å². The fourth-order valence-electron chi connectivity index (χ4n) is 0.787. The van der Waals surface area contributed by atoms with Crippen molar-refractivity contribution in [2.24, 2.45) is 0 Å². The average molecular weight is 370 g/mol. The minimum Gasteiger partial charge on any atom is -0.164 e. The van der Waals surface area contributed by atoms with Crippen LogP contribution in [0.1, 0.15) is 10.0 Å². The number of hydrogen-bond donors (Lipinski definition) is 0. The van der Waals surface area contributed by atoms with Crippen molar-refractivity contribution in [1.82, 2.24) is 20.4 Å². The van der Waals surface area contributed by atoms with Crippen molar-refractivity contribution >= 4 is 44.3 Å². The molecule has 20 heavy (non-hydrogen) atoms. The Morgan fingerprint density at radius 2 is 1.00 bits per heavy atom. The molecule has 0 aromatic carbocycles. The van der Waals surface area contributed by atoms with E-state index in [1.807, 2.05) is 0 Å². The highest BCUT2D eigenvalue weighted by molar-refractivity contribution is 8.77. The molecule has 0 aliphatic rings. The molecule has 2 aromatic rings. The summed E-state index contributed by atoms with van der Waals surface area (Å²) in [6.07, 6.45) is -9.18. The number of halogens is 6. The minimum absolute atomic E-state index is 0.0360.